The highest BCUT2D eigenvalue weighted by Crippen LogP contribution is 2.34. The summed E-state index contributed by atoms with van der Waals surface area (Å²) < 4.78 is 5.56. The molecule has 2 fully saturated rings. The smallest absolute Gasteiger partial charge is 0.0824 e. The summed E-state index contributed by atoms with van der Waals surface area (Å²) in [6, 6.07) is 0.723. The summed E-state index contributed by atoms with van der Waals surface area (Å²) in [6.07, 6.45) is 4.55. The molecular formula is C11H22N2O. The van der Waals surface area contributed by atoms with E-state index >= 15 is 0 Å². The van der Waals surface area contributed by atoms with Crippen molar-refractivity contribution in [2.75, 3.05) is 26.2 Å². The Morgan fingerprint density at radius 3 is 2.93 bits per heavy atom. The summed E-state index contributed by atoms with van der Waals surface area (Å²) in [5.74, 6) is 1.02. The van der Waals surface area contributed by atoms with Gasteiger partial charge in [0.2, 0.25) is 0 Å². The summed E-state index contributed by atoms with van der Waals surface area (Å²) in [5.41, 5.74) is 5.63. The van der Waals surface area contributed by atoms with E-state index in [0.717, 1.165) is 31.7 Å². The molecule has 2 unspecified atom stereocenters. The lowest BCUT2D eigenvalue weighted by Gasteiger charge is -2.36. The van der Waals surface area contributed by atoms with Crippen molar-refractivity contribution in [3.8, 4) is 0 Å². The van der Waals surface area contributed by atoms with Crippen LogP contribution >= 0.6 is 0 Å². The molecule has 1 heterocycles. The molecule has 1 aliphatic heterocycles. The lowest BCUT2D eigenvalue weighted by molar-refractivity contribution is -0.0376. The zero-order chi connectivity index (χ0) is 9.97. The first-order valence-electron chi connectivity index (χ1n) is 5.85. The zero-order valence-electron chi connectivity index (χ0n) is 9.11. The van der Waals surface area contributed by atoms with Crippen LogP contribution in [0.1, 0.15) is 26.2 Å². The number of morpholine rings is 1. The summed E-state index contributed by atoms with van der Waals surface area (Å²) in [5, 5.41) is 0. The first-order chi connectivity index (χ1) is 6.79. The van der Waals surface area contributed by atoms with E-state index in [2.05, 4.69) is 11.8 Å². The lowest BCUT2D eigenvalue weighted by Crippen LogP contribution is -2.49. The van der Waals surface area contributed by atoms with Gasteiger partial charge in [-0.2, -0.15) is 0 Å². The Balaban J connectivity index is 1.76. The fourth-order valence-corrected chi connectivity index (χ4v) is 2.27. The second kappa shape index (κ2) is 4.60. The van der Waals surface area contributed by atoms with Gasteiger partial charge in [-0.15, -0.1) is 0 Å². The molecule has 0 aromatic heterocycles. The van der Waals surface area contributed by atoms with E-state index < -0.39 is 0 Å². The van der Waals surface area contributed by atoms with Crippen molar-refractivity contribution in [1.29, 1.82) is 0 Å². The molecule has 0 radical (unpaired) electrons. The van der Waals surface area contributed by atoms with Crippen LogP contribution in [-0.4, -0.2) is 43.3 Å². The van der Waals surface area contributed by atoms with Gasteiger partial charge >= 0.3 is 0 Å². The molecule has 0 amide bonds. The Morgan fingerprint density at radius 2 is 2.29 bits per heavy atom. The van der Waals surface area contributed by atoms with Crippen LogP contribution in [0.3, 0.4) is 0 Å². The maximum absolute atomic E-state index is 5.63. The Bertz CT molecular complexity index is 182. The van der Waals surface area contributed by atoms with Gasteiger partial charge in [0.15, 0.2) is 0 Å². The monoisotopic (exact) mass is 198 g/mol. The van der Waals surface area contributed by atoms with E-state index in [9.17, 15) is 0 Å². The molecule has 0 aromatic carbocycles. The number of hydrogen-bond donors (Lipinski definition) is 1. The molecule has 0 aromatic rings. The molecule has 14 heavy (non-hydrogen) atoms. The molecule has 3 heteroatoms. The maximum atomic E-state index is 5.63. The number of nitrogens with two attached hydrogens (primary N) is 1. The summed E-state index contributed by atoms with van der Waals surface area (Å²) in [7, 11) is 0. The van der Waals surface area contributed by atoms with Gasteiger partial charge in [-0.25, -0.2) is 0 Å². The highest BCUT2D eigenvalue weighted by molar-refractivity contribution is 4.82. The van der Waals surface area contributed by atoms with E-state index in [0.29, 0.717) is 6.54 Å². The molecule has 2 rings (SSSR count). The highest BCUT2D eigenvalue weighted by atomic mass is 16.5. The van der Waals surface area contributed by atoms with Crippen molar-refractivity contribution in [3.05, 3.63) is 0 Å². The van der Waals surface area contributed by atoms with Crippen LogP contribution in [-0.2, 0) is 4.74 Å². The molecule has 0 bridgehead atoms. The maximum Gasteiger partial charge on any atom is 0.0824 e. The molecule has 1 saturated carbocycles. The van der Waals surface area contributed by atoms with Gasteiger partial charge in [-0.1, -0.05) is 12.8 Å². The second-order valence-electron chi connectivity index (χ2n) is 4.75. The largest absolute Gasteiger partial charge is 0.374 e. The quantitative estimate of drug-likeness (QED) is 0.727. The predicted molar refractivity (Wildman–Crippen MR) is 57.2 cm³/mol. The van der Waals surface area contributed by atoms with Gasteiger partial charge < -0.3 is 10.5 Å². The summed E-state index contributed by atoms with van der Waals surface area (Å²) >= 11 is 0. The minimum absolute atomic E-state index is 0.269. The van der Waals surface area contributed by atoms with E-state index in [1.54, 1.807) is 0 Å². The van der Waals surface area contributed by atoms with Gasteiger partial charge in [0.25, 0.3) is 0 Å². The molecule has 2 aliphatic rings. The van der Waals surface area contributed by atoms with Gasteiger partial charge in [0.1, 0.15) is 0 Å². The van der Waals surface area contributed by atoms with Crippen LogP contribution in [0.2, 0.25) is 0 Å². The minimum Gasteiger partial charge on any atom is -0.374 e. The lowest BCUT2D eigenvalue weighted by atomic mass is 10.1. The standard InChI is InChI=1S/C11H22N2O/c1-9(6-10-2-3-10)13-4-5-14-11(7-12)8-13/h9-11H,2-8,12H2,1H3. The molecule has 3 nitrogen and oxygen atoms in total. The Morgan fingerprint density at radius 1 is 1.50 bits per heavy atom. The normalized spacial score (nSPS) is 31.7. The third-order valence-electron chi connectivity index (χ3n) is 3.43. The van der Waals surface area contributed by atoms with Gasteiger partial charge in [0, 0.05) is 25.7 Å². The minimum atomic E-state index is 0.269. The van der Waals surface area contributed by atoms with Gasteiger partial charge in [-0.3, -0.25) is 4.90 Å². The molecule has 0 spiro atoms. The molecule has 82 valence electrons. The van der Waals surface area contributed by atoms with Crippen molar-refractivity contribution in [1.82, 2.24) is 4.90 Å². The van der Waals surface area contributed by atoms with Crippen LogP contribution < -0.4 is 5.73 Å². The van der Waals surface area contributed by atoms with Crippen molar-refractivity contribution in [2.45, 2.75) is 38.3 Å². The van der Waals surface area contributed by atoms with Crippen molar-refractivity contribution in [2.24, 2.45) is 11.7 Å². The number of hydrogen-bond acceptors (Lipinski definition) is 3. The molecule has 2 N–H and O–H groups in total. The first-order valence-corrected chi connectivity index (χ1v) is 5.85. The van der Waals surface area contributed by atoms with E-state index in [-0.39, 0.29) is 6.10 Å². The van der Waals surface area contributed by atoms with E-state index in [4.69, 9.17) is 10.5 Å². The molecule has 1 saturated heterocycles. The number of ether oxygens (including phenoxy) is 1. The fourth-order valence-electron chi connectivity index (χ4n) is 2.27. The average Bonchev–Trinajstić information content (AvgIpc) is 3.02. The third-order valence-corrected chi connectivity index (χ3v) is 3.43. The Kier molecular flexibility index (Phi) is 3.42. The molecule has 2 atom stereocenters. The molecular weight excluding hydrogens is 176 g/mol. The SMILES string of the molecule is CC(CC1CC1)N1CCOC(CN)C1. The highest BCUT2D eigenvalue weighted by Gasteiger charge is 2.28. The van der Waals surface area contributed by atoms with Crippen molar-refractivity contribution in [3.63, 3.8) is 0 Å². The number of nitrogens with zero attached hydrogens (tertiary/aromatic N) is 1. The van der Waals surface area contributed by atoms with E-state index in [1.165, 1.54) is 19.3 Å². The summed E-state index contributed by atoms with van der Waals surface area (Å²) in [6.45, 7) is 5.98. The average molecular weight is 198 g/mol. The predicted octanol–water partition coefficient (Wildman–Crippen LogP) is 0.835. The van der Waals surface area contributed by atoms with Crippen molar-refractivity contribution >= 4 is 0 Å². The first kappa shape index (κ1) is 10.4. The Labute approximate surface area is 86.6 Å². The van der Waals surface area contributed by atoms with Crippen LogP contribution in [0, 0.1) is 5.92 Å². The topological polar surface area (TPSA) is 38.5 Å². The molecule has 1 aliphatic carbocycles. The van der Waals surface area contributed by atoms with Crippen LogP contribution in [0.15, 0.2) is 0 Å². The van der Waals surface area contributed by atoms with Crippen LogP contribution in [0.25, 0.3) is 0 Å². The second-order valence-corrected chi connectivity index (χ2v) is 4.75. The third kappa shape index (κ3) is 2.69. The summed E-state index contributed by atoms with van der Waals surface area (Å²) in [4.78, 5) is 2.54. The van der Waals surface area contributed by atoms with Crippen LogP contribution in [0.5, 0.6) is 0 Å². The van der Waals surface area contributed by atoms with Gasteiger partial charge in [-0.05, 0) is 19.3 Å². The van der Waals surface area contributed by atoms with E-state index in [1.807, 2.05) is 0 Å². The van der Waals surface area contributed by atoms with Crippen molar-refractivity contribution < 1.29 is 4.74 Å². The fraction of sp³-hybridized carbons (Fsp3) is 1.00. The number of rotatable bonds is 4. The zero-order valence-corrected chi connectivity index (χ0v) is 9.11. The van der Waals surface area contributed by atoms with Crippen LogP contribution in [0.4, 0.5) is 0 Å². The van der Waals surface area contributed by atoms with Gasteiger partial charge in [0.05, 0.1) is 12.7 Å². The Hall–Kier alpha value is -0.120.